The Balaban J connectivity index is 2.06. The van der Waals surface area contributed by atoms with Gasteiger partial charge >= 0.3 is 0 Å². The summed E-state index contributed by atoms with van der Waals surface area (Å²) in [5.74, 6) is 0.645. The second-order valence-electron chi connectivity index (χ2n) is 7.67. The summed E-state index contributed by atoms with van der Waals surface area (Å²) in [6, 6.07) is 7.40. The standard InChI is InChI=1S/C25H35NO4/c1-4-20(8-7-11-25(29,5-2)6-3)22-12-19(14-26-15-22)18-30-24-10-9-21(16-27)23(13-24)17-28/h8-10,12-15,27-29H,4-7,11,16-18H2,1-3H3/b20-8-. The Morgan fingerprint density at radius 1 is 1.03 bits per heavy atom. The van der Waals surface area contributed by atoms with Crippen LogP contribution in [-0.4, -0.2) is 25.9 Å². The minimum absolute atomic E-state index is 0.109. The second-order valence-corrected chi connectivity index (χ2v) is 7.67. The molecule has 0 unspecified atom stereocenters. The van der Waals surface area contributed by atoms with Crippen molar-refractivity contribution in [3.8, 4) is 5.75 Å². The number of aromatic nitrogens is 1. The molecule has 5 heteroatoms. The molecule has 0 saturated heterocycles. The molecule has 1 aromatic carbocycles. The van der Waals surface area contributed by atoms with E-state index in [1.165, 1.54) is 5.57 Å². The van der Waals surface area contributed by atoms with Crippen LogP contribution in [0.5, 0.6) is 5.75 Å². The van der Waals surface area contributed by atoms with Gasteiger partial charge in [-0.15, -0.1) is 0 Å². The average molecular weight is 414 g/mol. The summed E-state index contributed by atoms with van der Waals surface area (Å²) in [4.78, 5) is 4.37. The van der Waals surface area contributed by atoms with Crippen LogP contribution in [0, 0.1) is 0 Å². The van der Waals surface area contributed by atoms with Gasteiger partial charge in [-0.2, -0.15) is 0 Å². The Labute approximate surface area is 180 Å². The van der Waals surface area contributed by atoms with Gasteiger partial charge in [0, 0.05) is 18.0 Å². The highest BCUT2D eigenvalue weighted by Crippen LogP contribution is 2.25. The smallest absolute Gasteiger partial charge is 0.120 e. The van der Waals surface area contributed by atoms with Gasteiger partial charge in [-0.3, -0.25) is 4.98 Å². The summed E-state index contributed by atoms with van der Waals surface area (Å²) >= 11 is 0. The van der Waals surface area contributed by atoms with Crippen molar-refractivity contribution in [3.05, 3.63) is 65.0 Å². The third-order valence-corrected chi connectivity index (χ3v) is 5.79. The predicted molar refractivity (Wildman–Crippen MR) is 120 cm³/mol. The number of nitrogens with zero attached hydrogens (tertiary/aromatic N) is 1. The van der Waals surface area contributed by atoms with Crippen LogP contribution in [0.4, 0.5) is 0 Å². The van der Waals surface area contributed by atoms with Gasteiger partial charge in [0.2, 0.25) is 0 Å². The normalized spacial score (nSPS) is 12.3. The van der Waals surface area contributed by atoms with Crippen molar-refractivity contribution < 1.29 is 20.1 Å². The molecule has 0 aliphatic heterocycles. The fraction of sp³-hybridized carbons (Fsp3) is 0.480. The highest BCUT2D eigenvalue weighted by molar-refractivity contribution is 5.65. The number of aliphatic hydroxyl groups is 3. The Hall–Kier alpha value is -2.21. The molecule has 0 radical (unpaired) electrons. The lowest BCUT2D eigenvalue weighted by molar-refractivity contribution is 0.0246. The molecule has 0 bridgehead atoms. The summed E-state index contributed by atoms with van der Waals surface area (Å²) in [5.41, 5.74) is 4.03. The number of rotatable bonds is 12. The quantitative estimate of drug-likeness (QED) is 0.467. The Bertz CT molecular complexity index is 828. The van der Waals surface area contributed by atoms with Gasteiger partial charge in [0.05, 0.1) is 18.8 Å². The molecule has 30 heavy (non-hydrogen) atoms. The van der Waals surface area contributed by atoms with Crippen LogP contribution < -0.4 is 4.74 Å². The summed E-state index contributed by atoms with van der Waals surface area (Å²) in [7, 11) is 0. The van der Waals surface area contributed by atoms with E-state index in [9.17, 15) is 15.3 Å². The number of hydrogen-bond acceptors (Lipinski definition) is 5. The molecule has 0 aliphatic rings. The van der Waals surface area contributed by atoms with Gasteiger partial charge < -0.3 is 20.1 Å². The molecule has 2 aromatic rings. The average Bonchev–Trinajstić information content (AvgIpc) is 2.80. The molecule has 0 fully saturated rings. The molecule has 2 rings (SSSR count). The zero-order chi connectivity index (χ0) is 22.0. The molecule has 3 N–H and O–H groups in total. The topological polar surface area (TPSA) is 82.8 Å². The van der Waals surface area contributed by atoms with Crippen LogP contribution in [0.15, 0.2) is 42.7 Å². The van der Waals surface area contributed by atoms with Crippen LogP contribution in [0.3, 0.4) is 0 Å². The summed E-state index contributed by atoms with van der Waals surface area (Å²) in [6.07, 6.45) is 9.89. The number of ether oxygens (including phenoxy) is 1. The molecule has 0 aliphatic carbocycles. The maximum atomic E-state index is 10.5. The molecule has 0 atom stereocenters. The number of hydrogen-bond donors (Lipinski definition) is 3. The van der Waals surface area contributed by atoms with Crippen LogP contribution >= 0.6 is 0 Å². The number of allylic oxidation sites excluding steroid dienone is 2. The predicted octanol–water partition coefficient (Wildman–Crippen LogP) is 4.77. The molecule has 5 nitrogen and oxygen atoms in total. The lowest BCUT2D eigenvalue weighted by atomic mass is 9.91. The van der Waals surface area contributed by atoms with Crippen molar-refractivity contribution in [2.45, 2.75) is 78.3 Å². The largest absolute Gasteiger partial charge is 0.489 e. The molecular weight excluding hydrogens is 378 g/mol. The van der Waals surface area contributed by atoms with Crippen molar-refractivity contribution in [3.63, 3.8) is 0 Å². The first kappa shape index (κ1) is 24.1. The molecular formula is C25H35NO4. The highest BCUT2D eigenvalue weighted by Gasteiger charge is 2.20. The lowest BCUT2D eigenvalue weighted by Crippen LogP contribution is -2.25. The first-order valence-corrected chi connectivity index (χ1v) is 10.8. The van der Waals surface area contributed by atoms with Crippen LogP contribution in [0.1, 0.15) is 75.1 Å². The number of benzene rings is 1. The second kappa shape index (κ2) is 11.8. The zero-order valence-corrected chi connectivity index (χ0v) is 18.4. The summed E-state index contributed by atoms with van der Waals surface area (Å²) in [5, 5.41) is 29.2. The van der Waals surface area contributed by atoms with E-state index in [1.54, 1.807) is 24.4 Å². The van der Waals surface area contributed by atoms with Gasteiger partial charge in [0.15, 0.2) is 0 Å². The van der Waals surface area contributed by atoms with Crippen LogP contribution in [0.2, 0.25) is 0 Å². The lowest BCUT2D eigenvalue weighted by Gasteiger charge is -2.24. The van der Waals surface area contributed by atoms with Gasteiger partial charge in [-0.05, 0) is 72.6 Å². The van der Waals surface area contributed by atoms with E-state index in [1.807, 2.05) is 20.0 Å². The van der Waals surface area contributed by atoms with E-state index in [4.69, 9.17) is 4.74 Å². The monoisotopic (exact) mass is 413 g/mol. The van der Waals surface area contributed by atoms with Crippen LogP contribution in [0.25, 0.3) is 5.57 Å². The molecule has 164 valence electrons. The molecule has 0 amide bonds. The molecule has 1 heterocycles. The summed E-state index contributed by atoms with van der Waals surface area (Å²) in [6.45, 7) is 6.30. The number of pyridine rings is 1. The van der Waals surface area contributed by atoms with E-state index in [2.05, 4.69) is 24.1 Å². The van der Waals surface area contributed by atoms with Gasteiger partial charge in [0.1, 0.15) is 12.4 Å². The van der Waals surface area contributed by atoms with Gasteiger partial charge in [-0.25, -0.2) is 0 Å². The maximum Gasteiger partial charge on any atom is 0.120 e. The van der Waals surface area contributed by atoms with E-state index >= 15 is 0 Å². The minimum Gasteiger partial charge on any atom is -0.489 e. The number of aliphatic hydroxyl groups excluding tert-OH is 2. The fourth-order valence-corrected chi connectivity index (χ4v) is 3.49. The first-order chi connectivity index (χ1) is 14.5. The maximum absolute atomic E-state index is 10.5. The first-order valence-electron chi connectivity index (χ1n) is 10.8. The SMILES string of the molecule is CC/C(=C/CCC(O)(CC)CC)c1cncc(COc2ccc(CO)c(CO)c2)c1. The fourth-order valence-electron chi connectivity index (χ4n) is 3.49. The Morgan fingerprint density at radius 3 is 2.40 bits per heavy atom. The Kier molecular flexibility index (Phi) is 9.50. The van der Waals surface area contributed by atoms with Crippen molar-refractivity contribution in [1.82, 2.24) is 4.98 Å². The third kappa shape index (κ3) is 6.66. The van der Waals surface area contributed by atoms with E-state index < -0.39 is 5.60 Å². The van der Waals surface area contributed by atoms with E-state index in [0.29, 0.717) is 23.5 Å². The van der Waals surface area contributed by atoms with Crippen molar-refractivity contribution in [2.75, 3.05) is 0 Å². The third-order valence-electron chi connectivity index (χ3n) is 5.79. The zero-order valence-electron chi connectivity index (χ0n) is 18.4. The van der Waals surface area contributed by atoms with Crippen molar-refractivity contribution in [2.24, 2.45) is 0 Å². The van der Waals surface area contributed by atoms with E-state index in [0.717, 1.165) is 43.2 Å². The summed E-state index contributed by atoms with van der Waals surface area (Å²) < 4.78 is 5.87. The van der Waals surface area contributed by atoms with Crippen molar-refractivity contribution in [1.29, 1.82) is 0 Å². The highest BCUT2D eigenvalue weighted by atomic mass is 16.5. The molecule has 1 aromatic heterocycles. The molecule has 0 saturated carbocycles. The Morgan fingerprint density at radius 2 is 1.77 bits per heavy atom. The van der Waals surface area contributed by atoms with Gasteiger partial charge in [-0.1, -0.05) is 32.9 Å². The van der Waals surface area contributed by atoms with Crippen LogP contribution in [-0.2, 0) is 19.8 Å². The molecule has 0 spiro atoms. The van der Waals surface area contributed by atoms with Crippen molar-refractivity contribution >= 4 is 5.57 Å². The minimum atomic E-state index is -0.581. The van der Waals surface area contributed by atoms with Gasteiger partial charge in [0.25, 0.3) is 0 Å². The van der Waals surface area contributed by atoms with E-state index in [-0.39, 0.29) is 13.2 Å².